The fourth-order valence-electron chi connectivity index (χ4n) is 2.70. The second-order valence-corrected chi connectivity index (χ2v) is 6.22. The molecule has 2 heterocycles. The van der Waals surface area contributed by atoms with Crippen molar-refractivity contribution in [1.29, 1.82) is 0 Å². The van der Waals surface area contributed by atoms with Crippen molar-refractivity contribution in [2.24, 2.45) is 0 Å². The van der Waals surface area contributed by atoms with E-state index in [9.17, 15) is 9.59 Å². The molecule has 4 rings (SSSR count). The topological polar surface area (TPSA) is 141 Å². The Labute approximate surface area is 175 Å². The summed E-state index contributed by atoms with van der Waals surface area (Å²) in [6.45, 7) is 0. The summed E-state index contributed by atoms with van der Waals surface area (Å²) in [6.07, 6.45) is 0. The molecule has 2 aromatic carbocycles. The standard InChI is InChI=1S/C20H16N6O5/c1-29-19(27)11-3-7-13(8-4-11)21-15-16(24-18-17(23-15)25-31-26-18)22-14-9-5-12(6-10-14)20(28)30-2/h3-10H,1-2H3,(H,21,23,25)(H,22,24,26). The molecule has 0 amide bonds. The van der Waals surface area contributed by atoms with Gasteiger partial charge >= 0.3 is 11.9 Å². The van der Waals surface area contributed by atoms with Crippen LogP contribution in [-0.4, -0.2) is 46.4 Å². The van der Waals surface area contributed by atoms with Gasteiger partial charge in [-0.25, -0.2) is 24.2 Å². The lowest BCUT2D eigenvalue weighted by Crippen LogP contribution is -2.05. The van der Waals surface area contributed by atoms with Gasteiger partial charge in [0, 0.05) is 11.4 Å². The van der Waals surface area contributed by atoms with Gasteiger partial charge in [0.1, 0.15) is 0 Å². The summed E-state index contributed by atoms with van der Waals surface area (Å²) < 4.78 is 14.1. The van der Waals surface area contributed by atoms with Crippen LogP contribution < -0.4 is 10.6 Å². The third-order valence-corrected chi connectivity index (χ3v) is 4.25. The molecule has 0 bridgehead atoms. The van der Waals surface area contributed by atoms with E-state index >= 15 is 0 Å². The van der Waals surface area contributed by atoms with Crippen LogP contribution in [0.4, 0.5) is 23.0 Å². The monoisotopic (exact) mass is 420 g/mol. The van der Waals surface area contributed by atoms with Crippen LogP contribution >= 0.6 is 0 Å². The highest BCUT2D eigenvalue weighted by Crippen LogP contribution is 2.27. The number of benzene rings is 2. The normalized spacial score (nSPS) is 10.5. The van der Waals surface area contributed by atoms with Crippen LogP contribution in [0.2, 0.25) is 0 Å². The van der Waals surface area contributed by atoms with E-state index in [2.05, 4.69) is 30.9 Å². The number of ether oxygens (including phenoxy) is 2. The van der Waals surface area contributed by atoms with Crippen LogP contribution in [0.15, 0.2) is 53.2 Å². The zero-order valence-corrected chi connectivity index (χ0v) is 16.4. The van der Waals surface area contributed by atoms with E-state index in [4.69, 9.17) is 14.1 Å². The molecule has 11 heteroatoms. The van der Waals surface area contributed by atoms with E-state index in [-0.39, 0.29) is 11.3 Å². The van der Waals surface area contributed by atoms with Crippen LogP contribution in [0.1, 0.15) is 20.7 Å². The van der Waals surface area contributed by atoms with Crippen LogP contribution in [0, 0.1) is 0 Å². The number of aromatic nitrogens is 4. The van der Waals surface area contributed by atoms with Crippen molar-refractivity contribution in [2.75, 3.05) is 24.9 Å². The maximum absolute atomic E-state index is 11.6. The molecule has 2 N–H and O–H groups in total. The number of rotatable bonds is 6. The highest BCUT2D eigenvalue weighted by molar-refractivity contribution is 5.90. The molecule has 0 aliphatic carbocycles. The van der Waals surface area contributed by atoms with Gasteiger partial charge in [-0.2, -0.15) is 0 Å². The Balaban J connectivity index is 1.63. The Morgan fingerprint density at radius 1 is 0.710 bits per heavy atom. The third-order valence-electron chi connectivity index (χ3n) is 4.25. The quantitative estimate of drug-likeness (QED) is 0.444. The molecule has 2 aromatic heterocycles. The highest BCUT2D eigenvalue weighted by Gasteiger charge is 2.14. The van der Waals surface area contributed by atoms with Crippen molar-refractivity contribution in [1.82, 2.24) is 20.3 Å². The van der Waals surface area contributed by atoms with E-state index in [0.29, 0.717) is 34.1 Å². The van der Waals surface area contributed by atoms with Gasteiger partial charge in [-0.1, -0.05) is 0 Å². The molecule has 31 heavy (non-hydrogen) atoms. The van der Waals surface area contributed by atoms with Gasteiger partial charge in [0.05, 0.1) is 25.3 Å². The number of methoxy groups -OCH3 is 2. The number of esters is 2. The van der Waals surface area contributed by atoms with Crippen molar-refractivity contribution in [3.63, 3.8) is 0 Å². The largest absolute Gasteiger partial charge is 0.465 e. The summed E-state index contributed by atoms with van der Waals surface area (Å²) in [7, 11) is 2.64. The van der Waals surface area contributed by atoms with Gasteiger partial charge in [0.25, 0.3) is 0 Å². The lowest BCUT2D eigenvalue weighted by atomic mass is 10.2. The molecule has 156 valence electrons. The molecule has 0 aliphatic rings. The summed E-state index contributed by atoms with van der Waals surface area (Å²) >= 11 is 0. The molecule has 0 aliphatic heterocycles. The van der Waals surface area contributed by atoms with Gasteiger partial charge in [-0.15, -0.1) is 0 Å². The minimum Gasteiger partial charge on any atom is -0.465 e. The molecule has 0 unspecified atom stereocenters. The van der Waals surface area contributed by atoms with Crippen LogP contribution in [0.25, 0.3) is 11.3 Å². The summed E-state index contributed by atoms with van der Waals surface area (Å²) in [4.78, 5) is 32.0. The average molecular weight is 420 g/mol. The maximum atomic E-state index is 11.6. The van der Waals surface area contributed by atoms with Crippen LogP contribution in [-0.2, 0) is 9.47 Å². The Bertz CT molecular complexity index is 1140. The first kappa shape index (κ1) is 19.8. The van der Waals surface area contributed by atoms with Gasteiger partial charge < -0.3 is 20.1 Å². The van der Waals surface area contributed by atoms with Crippen molar-refractivity contribution < 1.29 is 23.7 Å². The molecular weight excluding hydrogens is 404 g/mol. The fraction of sp³-hybridized carbons (Fsp3) is 0.100. The molecule has 0 saturated carbocycles. The average Bonchev–Trinajstić information content (AvgIpc) is 3.26. The van der Waals surface area contributed by atoms with E-state index < -0.39 is 11.9 Å². The van der Waals surface area contributed by atoms with E-state index in [1.54, 1.807) is 48.5 Å². The number of anilines is 4. The molecule has 0 spiro atoms. The van der Waals surface area contributed by atoms with Crippen LogP contribution in [0.3, 0.4) is 0 Å². The van der Waals surface area contributed by atoms with E-state index in [1.165, 1.54) is 14.2 Å². The zero-order chi connectivity index (χ0) is 21.8. The molecule has 0 saturated heterocycles. The minimum atomic E-state index is -0.431. The van der Waals surface area contributed by atoms with Gasteiger partial charge in [0.2, 0.25) is 11.3 Å². The molecular formula is C20H16N6O5. The number of hydrogen-bond acceptors (Lipinski definition) is 11. The Hall–Kier alpha value is -4.54. The van der Waals surface area contributed by atoms with Gasteiger partial charge in [-0.3, -0.25) is 0 Å². The second kappa shape index (κ2) is 8.45. The summed E-state index contributed by atoms with van der Waals surface area (Å²) in [6, 6.07) is 13.3. The summed E-state index contributed by atoms with van der Waals surface area (Å²) in [5.41, 5.74) is 2.59. The smallest absolute Gasteiger partial charge is 0.337 e. The predicted octanol–water partition coefficient (Wildman–Crippen LogP) is 3.07. The number of hydrogen-bond donors (Lipinski definition) is 2. The summed E-state index contributed by atoms with van der Waals surface area (Å²) in [5, 5.41) is 13.7. The second-order valence-electron chi connectivity index (χ2n) is 6.22. The van der Waals surface area contributed by atoms with Crippen molar-refractivity contribution in [3.05, 3.63) is 59.7 Å². The SMILES string of the molecule is COC(=O)c1ccc(Nc2nc3nonc3nc2Nc2ccc(C(=O)OC)cc2)cc1. The Morgan fingerprint density at radius 2 is 1.10 bits per heavy atom. The zero-order valence-electron chi connectivity index (χ0n) is 16.4. The van der Waals surface area contributed by atoms with E-state index in [0.717, 1.165) is 0 Å². The molecule has 11 nitrogen and oxygen atoms in total. The minimum absolute atomic E-state index is 0.222. The molecule has 0 atom stereocenters. The molecule has 0 radical (unpaired) electrons. The number of nitrogens with one attached hydrogen (secondary N) is 2. The number of nitrogens with zero attached hydrogens (tertiary/aromatic N) is 4. The maximum Gasteiger partial charge on any atom is 0.337 e. The number of carbonyl (C=O) groups is 2. The Morgan fingerprint density at radius 3 is 1.45 bits per heavy atom. The van der Waals surface area contributed by atoms with Crippen molar-refractivity contribution in [3.8, 4) is 0 Å². The first-order valence-electron chi connectivity index (χ1n) is 8.98. The number of carbonyl (C=O) groups excluding carboxylic acids is 2. The summed E-state index contributed by atoms with van der Waals surface area (Å²) in [5.74, 6) is -0.157. The first-order chi connectivity index (χ1) is 15.1. The van der Waals surface area contributed by atoms with Crippen molar-refractivity contribution in [2.45, 2.75) is 0 Å². The van der Waals surface area contributed by atoms with Gasteiger partial charge in [0.15, 0.2) is 11.6 Å². The fourth-order valence-corrected chi connectivity index (χ4v) is 2.70. The van der Waals surface area contributed by atoms with Gasteiger partial charge in [-0.05, 0) is 58.8 Å². The molecule has 0 fully saturated rings. The lowest BCUT2D eigenvalue weighted by molar-refractivity contribution is 0.0592. The lowest BCUT2D eigenvalue weighted by Gasteiger charge is -2.12. The number of fused-ring (bicyclic) bond motifs is 1. The van der Waals surface area contributed by atoms with Crippen molar-refractivity contribution >= 4 is 46.2 Å². The highest BCUT2D eigenvalue weighted by atomic mass is 16.6. The van der Waals surface area contributed by atoms with Crippen LogP contribution in [0.5, 0.6) is 0 Å². The molecule has 4 aromatic rings. The Kier molecular flexibility index (Phi) is 5.39. The van der Waals surface area contributed by atoms with E-state index in [1.807, 2.05) is 0 Å². The first-order valence-corrected chi connectivity index (χ1v) is 8.98. The third kappa shape index (κ3) is 4.24. The predicted molar refractivity (Wildman–Crippen MR) is 110 cm³/mol.